The van der Waals surface area contributed by atoms with Crippen molar-refractivity contribution < 1.29 is 17.5 Å². The van der Waals surface area contributed by atoms with Gasteiger partial charge in [-0.1, -0.05) is 19.1 Å². The Morgan fingerprint density at radius 2 is 1.90 bits per heavy atom. The number of benzene rings is 1. The van der Waals surface area contributed by atoms with E-state index in [2.05, 4.69) is 0 Å². The lowest BCUT2D eigenvalue weighted by Crippen LogP contribution is -2.36. The molecule has 0 radical (unpaired) electrons. The fourth-order valence-corrected chi connectivity index (χ4v) is 4.74. The first-order valence-electron chi connectivity index (χ1n) is 6.70. The van der Waals surface area contributed by atoms with Gasteiger partial charge < -0.3 is 10.5 Å². The summed E-state index contributed by atoms with van der Waals surface area (Å²) in [5.74, 6) is -0.642. The molecule has 1 aromatic carbocycles. The number of ether oxygens (including phenoxy) is 1. The molecule has 2 N–H and O–H groups in total. The molecule has 2 rings (SSSR count). The van der Waals surface area contributed by atoms with Crippen LogP contribution in [0, 0.1) is 5.82 Å². The van der Waals surface area contributed by atoms with E-state index in [9.17, 15) is 12.8 Å². The van der Waals surface area contributed by atoms with Crippen molar-refractivity contribution >= 4 is 9.84 Å². The van der Waals surface area contributed by atoms with Crippen LogP contribution >= 0.6 is 0 Å². The highest BCUT2D eigenvalue weighted by molar-refractivity contribution is 7.92. The summed E-state index contributed by atoms with van der Waals surface area (Å²) < 4.78 is 42.7. The van der Waals surface area contributed by atoms with Crippen molar-refractivity contribution in [2.75, 3.05) is 19.0 Å². The molecule has 1 aromatic rings. The summed E-state index contributed by atoms with van der Waals surface area (Å²) in [4.78, 5) is 0. The lowest BCUT2D eigenvalue weighted by molar-refractivity contribution is 0.125. The van der Waals surface area contributed by atoms with Gasteiger partial charge in [-0.25, -0.2) is 12.8 Å². The van der Waals surface area contributed by atoms with E-state index in [0.29, 0.717) is 6.61 Å². The van der Waals surface area contributed by atoms with Gasteiger partial charge in [0.25, 0.3) is 0 Å². The van der Waals surface area contributed by atoms with Gasteiger partial charge in [0, 0.05) is 18.3 Å². The van der Waals surface area contributed by atoms with Gasteiger partial charge in [-0.15, -0.1) is 0 Å². The molecule has 0 saturated heterocycles. The quantitative estimate of drug-likeness (QED) is 0.863. The second kappa shape index (κ2) is 5.42. The minimum Gasteiger partial charge on any atom is -0.380 e. The second-order valence-corrected chi connectivity index (χ2v) is 7.56. The van der Waals surface area contributed by atoms with Gasteiger partial charge in [-0.3, -0.25) is 0 Å². The SMILES string of the molecule is CCOC[C@@]1(N)[C@H](S(=O)(=O)CC)[C@@H]1c1ccc(F)cc1. The topological polar surface area (TPSA) is 69.4 Å². The van der Waals surface area contributed by atoms with Crippen LogP contribution in [0.25, 0.3) is 0 Å². The van der Waals surface area contributed by atoms with Crippen molar-refractivity contribution in [1.29, 1.82) is 0 Å². The molecule has 0 unspecified atom stereocenters. The molecule has 112 valence electrons. The Labute approximate surface area is 119 Å². The summed E-state index contributed by atoms with van der Waals surface area (Å²) in [6.45, 7) is 4.11. The van der Waals surface area contributed by atoms with Crippen LogP contribution < -0.4 is 5.73 Å². The Balaban J connectivity index is 2.32. The third-order valence-corrected chi connectivity index (χ3v) is 6.17. The van der Waals surface area contributed by atoms with Crippen LogP contribution in [0.15, 0.2) is 24.3 Å². The maximum absolute atomic E-state index is 13.0. The summed E-state index contributed by atoms with van der Waals surface area (Å²) in [7, 11) is -3.27. The number of sulfone groups is 1. The van der Waals surface area contributed by atoms with Crippen molar-refractivity contribution in [2.45, 2.75) is 30.6 Å². The molecule has 1 aliphatic rings. The van der Waals surface area contributed by atoms with Crippen LogP contribution in [0.5, 0.6) is 0 Å². The number of hydrogen-bond acceptors (Lipinski definition) is 4. The standard InChI is InChI=1S/C14H20FNO3S/c1-3-19-9-14(16)12(13(14)20(17,18)4-2)10-5-7-11(15)8-6-10/h5-8,12-13H,3-4,9,16H2,1-2H3/t12-,13+,14-/m0/s1. The Kier molecular flexibility index (Phi) is 4.18. The monoisotopic (exact) mass is 301 g/mol. The number of halogens is 1. The lowest BCUT2D eigenvalue weighted by atomic mass is 10.1. The third kappa shape index (κ3) is 2.60. The van der Waals surface area contributed by atoms with Crippen LogP contribution in [0.3, 0.4) is 0 Å². The van der Waals surface area contributed by atoms with Gasteiger partial charge in [-0.05, 0) is 24.6 Å². The fourth-order valence-electron chi connectivity index (χ4n) is 2.75. The predicted molar refractivity (Wildman–Crippen MR) is 75.8 cm³/mol. The minimum absolute atomic E-state index is 0.0421. The molecule has 3 atom stereocenters. The van der Waals surface area contributed by atoms with Crippen LogP contribution in [0.2, 0.25) is 0 Å². The van der Waals surface area contributed by atoms with Gasteiger partial charge in [-0.2, -0.15) is 0 Å². The summed E-state index contributed by atoms with van der Waals surface area (Å²) >= 11 is 0. The third-order valence-electron chi connectivity index (χ3n) is 3.88. The lowest BCUT2D eigenvalue weighted by Gasteiger charge is -2.12. The molecule has 0 aromatic heterocycles. The summed E-state index contributed by atoms with van der Waals surface area (Å²) in [6.07, 6.45) is 0. The molecule has 0 spiro atoms. The molecule has 0 amide bonds. The maximum Gasteiger partial charge on any atom is 0.155 e. The van der Waals surface area contributed by atoms with Crippen LogP contribution in [0.4, 0.5) is 4.39 Å². The average molecular weight is 301 g/mol. The van der Waals surface area contributed by atoms with Crippen LogP contribution in [-0.4, -0.2) is 38.2 Å². The molecule has 1 aliphatic carbocycles. The van der Waals surface area contributed by atoms with Crippen molar-refractivity contribution in [3.05, 3.63) is 35.6 Å². The highest BCUT2D eigenvalue weighted by Crippen LogP contribution is 2.54. The first kappa shape index (κ1) is 15.4. The van der Waals surface area contributed by atoms with Gasteiger partial charge in [0.15, 0.2) is 9.84 Å². The Hall–Kier alpha value is -0.980. The molecule has 0 heterocycles. The molecular formula is C14H20FNO3S. The Morgan fingerprint density at radius 1 is 1.30 bits per heavy atom. The molecular weight excluding hydrogens is 281 g/mol. The van der Waals surface area contributed by atoms with Crippen molar-refractivity contribution in [1.82, 2.24) is 0 Å². The number of rotatable bonds is 6. The van der Waals surface area contributed by atoms with Crippen LogP contribution in [0.1, 0.15) is 25.3 Å². The molecule has 6 heteroatoms. The van der Waals surface area contributed by atoms with E-state index in [1.54, 1.807) is 19.1 Å². The average Bonchev–Trinajstić information content (AvgIpc) is 3.05. The molecule has 0 bridgehead atoms. The van der Waals surface area contributed by atoms with Crippen LogP contribution in [-0.2, 0) is 14.6 Å². The van der Waals surface area contributed by atoms with Crippen molar-refractivity contribution in [3.8, 4) is 0 Å². The number of nitrogens with two attached hydrogens (primary N) is 1. The van der Waals surface area contributed by atoms with Gasteiger partial charge in [0.1, 0.15) is 5.82 Å². The second-order valence-electron chi connectivity index (χ2n) is 5.15. The predicted octanol–water partition coefficient (Wildman–Crippen LogP) is 1.46. The minimum atomic E-state index is -3.27. The Morgan fingerprint density at radius 3 is 2.40 bits per heavy atom. The molecule has 1 saturated carbocycles. The van der Waals surface area contributed by atoms with E-state index in [1.807, 2.05) is 6.92 Å². The zero-order chi connectivity index (χ0) is 15.0. The summed E-state index contributed by atoms with van der Waals surface area (Å²) in [5.41, 5.74) is 6.09. The van der Waals surface area contributed by atoms with E-state index < -0.39 is 20.6 Å². The summed E-state index contributed by atoms with van der Waals surface area (Å²) in [6, 6.07) is 5.84. The summed E-state index contributed by atoms with van der Waals surface area (Å²) in [5, 5.41) is -0.656. The fraction of sp³-hybridized carbons (Fsp3) is 0.571. The van der Waals surface area contributed by atoms with Crippen molar-refractivity contribution in [3.63, 3.8) is 0 Å². The van der Waals surface area contributed by atoms with Gasteiger partial charge >= 0.3 is 0 Å². The van der Waals surface area contributed by atoms with E-state index in [1.165, 1.54) is 12.1 Å². The van der Waals surface area contributed by atoms with E-state index in [4.69, 9.17) is 10.5 Å². The zero-order valence-corrected chi connectivity index (χ0v) is 12.5. The van der Waals surface area contributed by atoms with Crippen molar-refractivity contribution in [2.24, 2.45) is 5.73 Å². The Bertz CT molecular complexity index is 573. The van der Waals surface area contributed by atoms with E-state index in [0.717, 1.165) is 5.56 Å². The smallest absolute Gasteiger partial charge is 0.155 e. The number of hydrogen-bond donors (Lipinski definition) is 1. The first-order valence-corrected chi connectivity index (χ1v) is 8.42. The normalized spacial score (nSPS) is 29.4. The zero-order valence-electron chi connectivity index (χ0n) is 11.7. The highest BCUT2D eigenvalue weighted by Gasteiger charge is 2.68. The molecule has 20 heavy (non-hydrogen) atoms. The maximum atomic E-state index is 13.0. The largest absolute Gasteiger partial charge is 0.380 e. The van der Waals surface area contributed by atoms with Gasteiger partial charge in [0.2, 0.25) is 0 Å². The van der Waals surface area contributed by atoms with Gasteiger partial charge in [0.05, 0.1) is 17.4 Å². The van der Waals surface area contributed by atoms with E-state index in [-0.39, 0.29) is 24.1 Å². The highest BCUT2D eigenvalue weighted by atomic mass is 32.2. The van der Waals surface area contributed by atoms with E-state index >= 15 is 0 Å². The first-order chi connectivity index (χ1) is 9.36. The molecule has 4 nitrogen and oxygen atoms in total. The molecule has 1 fully saturated rings. The molecule has 0 aliphatic heterocycles.